The Hall–Kier alpha value is -1.07. The molecule has 1 aromatic carbocycles. The van der Waals surface area contributed by atoms with E-state index in [-0.39, 0.29) is 0 Å². The van der Waals surface area contributed by atoms with Crippen molar-refractivity contribution < 1.29 is 0 Å². The molecule has 1 N–H and O–H groups in total. The first kappa shape index (κ1) is 11.7. The molecule has 2 bridgehead atoms. The lowest BCUT2D eigenvalue weighted by Crippen LogP contribution is -2.40. The quantitative estimate of drug-likeness (QED) is 0.914. The van der Waals surface area contributed by atoms with Gasteiger partial charge in [-0.1, -0.05) is 0 Å². The van der Waals surface area contributed by atoms with Crippen molar-refractivity contribution in [2.75, 3.05) is 7.05 Å². The largest absolute Gasteiger partial charge is 0.300 e. The van der Waals surface area contributed by atoms with Crippen LogP contribution in [0.5, 0.6) is 0 Å². The molecule has 0 spiro atoms. The molecule has 2 aromatic rings. The zero-order valence-corrected chi connectivity index (χ0v) is 11.9. The second-order valence-corrected chi connectivity index (χ2v) is 7.11. The maximum atomic E-state index is 4.17. The predicted octanol–water partition coefficient (Wildman–Crippen LogP) is 2.68. The van der Waals surface area contributed by atoms with Gasteiger partial charge in [0.15, 0.2) is 0 Å². The minimum absolute atomic E-state index is 0.762. The molecule has 1 unspecified atom stereocenters. The van der Waals surface area contributed by atoms with Crippen molar-refractivity contribution in [1.82, 2.24) is 20.3 Å². The third-order valence-electron chi connectivity index (χ3n) is 4.65. The minimum atomic E-state index is 0.762. The summed E-state index contributed by atoms with van der Waals surface area (Å²) in [4.78, 5) is 3.92. The van der Waals surface area contributed by atoms with Gasteiger partial charge in [-0.3, -0.25) is 0 Å². The molecule has 0 radical (unpaired) electrons. The zero-order valence-electron chi connectivity index (χ0n) is 11.0. The number of nitrogens with one attached hydrogen (secondary N) is 1. The summed E-state index contributed by atoms with van der Waals surface area (Å²) in [6.45, 7) is 0. The van der Waals surface area contributed by atoms with Crippen molar-refractivity contribution >= 4 is 22.8 Å². The number of hydrogen-bond donors (Lipinski definition) is 1. The average molecular weight is 274 g/mol. The van der Waals surface area contributed by atoms with Crippen LogP contribution in [0.1, 0.15) is 25.7 Å². The molecule has 3 atom stereocenters. The fourth-order valence-corrected chi connectivity index (χ4v) is 4.89. The molecule has 100 valence electrons. The van der Waals surface area contributed by atoms with E-state index in [1.807, 2.05) is 11.8 Å². The summed E-state index contributed by atoms with van der Waals surface area (Å²) in [6.07, 6.45) is 5.43. The smallest absolute Gasteiger partial charge is 0.114 e. The molecule has 1 aromatic heterocycles. The highest BCUT2D eigenvalue weighted by Crippen LogP contribution is 2.41. The van der Waals surface area contributed by atoms with Crippen LogP contribution in [-0.4, -0.2) is 44.7 Å². The first-order valence-electron chi connectivity index (χ1n) is 6.99. The van der Waals surface area contributed by atoms with Gasteiger partial charge in [0.25, 0.3) is 0 Å². The Labute approximate surface area is 116 Å². The lowest BCUT2D eigenvalue weighted by Gasteiger charge is -2.36. The summed E-state index contributed by atoms with van der Waals surface area (Å²) < 4.78 is 0. The van der Waals surface area contributed by atoms with Gasteiger partial charge in [-0.05, 0) is 50.9 Å². The highest BCUT2D eigenvalue weighted by Gasteiger charge is 2.38. The first-order valence-corrected chi connectivity index (χ1v) is 7.87. The maximum Gasteiger partial charge on any atom is 0.114 e. The Morgan fingerprint density at radius 2 is 1.89 bits per heavy atom. The SMILES string of the molecule is CN1[C@@H]2CC[C@H]1CC(Sc1ccc3n[nH]nc3c1)C2. The predicted molar refractivity (Wildman–Crippen MR) is 77.3 cm³/mol. The van der Waals surface area contributed by atoms with Crippen molar-refractivity contribution in [1.29, 1.82) is 0 Å². The van der Waals surface area contributed by atoms with E-state index in [4.69, 9.17) is 0 Å². The molecular weight excluding hydrogens is 256 g/mol. The molecule has 19 heavy (non-hydrogen) atoms. The summed E-state index contributed by atoms with van der Waals surface area (Å²) in [6, 6.07) is 8.02. The topological polar surface area (TPSA) is 44.8 Å². The normalized spacial score (nSPS) is 31.1. The minimum Gasteiger partial charge on any atom is -0.300 e. The zero-order chi connectivity index (χ0) is 12.8. The van der Waals surface area contributed by atoms with Crippen molar-refractivity contribution in [2.45, 2.75) is 47.9 Å². The molecule has 2 fully saturated rings. The van der Waals surface area contributed by atoms with Gasteiger partial charge in [0.2, 0.25) is 0 Å². The Bertz CT molecular complexity index is 582. The number of piperidine rings is 1. The Kier molecular flexibility index (Phi) is 2.77. The van der Waals surface area contributed by atoms with Crippen LogP contribution in [0.3, 0.4) is 0 Å². The molecule has 2 aliphatic rings. The van der Waals surface area contributed by atoms with Crippen LogP contribution in [0.4, 0.5) is 0 Å². The van der Waals surface area contributed by atoms with Crippen LogP contribution in [0.2, 0.25) is 0 Å². The van der Waals surface area contributed by atoms with Crippen LogP contribution < -0.4 is 0 Å². The van der Waals surface area contributed by atoms with Crippen LogP contribution in [0.15, 0.2) is 23.1 Å². The summed E-state index contributed by atoms with van der Waals surface area (Å²) in [5.41, 5.74) is 1.92. The van der Waals surface area contributed by atoms with Gasteiger partial charge in [-0.2, -0.15) is 15.4 Å². The number of aromatic nitrogens is 3. The van der Waals surface area contributed by atoms with E-state index in [9.17, 15) is 0 Å². The number of aromatic amines is 1. The lowest BCUT2D eigenvalue weighted by atomic mass is 10.0. The van der Waals surface area contributed by atoms with Gasteiger partial charge in [-0.25, -0.2) is 0 Å². The monoisotopic (exact) mass is 274 g/mol. The van der Waals surface area contributed by atoms with Crippen LogP contribution in [0, 0.1) is 0 Å². The van der Waals surface area contributed by atoms with Crippen LogP contribution in [0.25, 0.3) is 11.0 Å². The second kappa shape index (κ2) is 4.49. The van der Waals surface area contributed by atoms with Crippen LogP contribution >= 0.6 is 11.8 Å². The van der Waals surface area contributed by atoms with Crippen molar-refractivity contribution in [3.8, 4) is 0 Å². The van der Waals surface area contributed by atoms with E-state index in [1.54, 1.807) is 0 Å². The van der Waals surface area contributed by atoms with E-state index in [0.29, 0.717) is 0 Å². The second-order valence-electron chi connectivity index (χ2n) is 5.74. The first-order chi connectivity index (χ1) is 9.29. The standard InChI is InChI=1S/C14H18N4S/c1-18-9-2-3-10(18)7-12(6-9)19-11-4-5-13-14(8-11)16-17-15-13/h4-5,8-10,12H,2-3,6-7H2,1H3,(H,15,16,17)/t9-,10+,12?. The number of rotatable bonds is 2. The third-order valence-corrected chi connectivity index (χ3v) is 5.89. The number of H-pyrrole nitrogens is 1. The molecule has 0 aliphatic carbocycles. The third kappa shape index (κ3) is 2.05. The number of thioether (sulfide) groups is 1. The molecule has 2 saturated heterocycles. The van der Waals surface area contributed by atoms with Crippen molar-refractivity contribution in [3.05, 3.63) is 18.2 Å². The molecule has 2 aliphatic heterocycles. The number of nitrogens with zero attached hydrogens (tertiary/aromatic N) is 3. The Morgan fingerprint density at radius 1 is 1.16 bits per heavy atom. The summed E-state index contributed by atoms with van der Waals surface area (Å²) >= 11 is 2.02. The molecule has 5 heteroatoms. The summed E-state index contributed by atoms with van der Waals surface area (Å²) in [7, 11) is 2.30. The number of fused-ring (bicyclic) bond motifs is 3. The van der Waals surface area contributed by atoms with E-state index >= 15 is 0 Å². The van der Waals surface area contributed by atoms with Gasteiger partial charge < -0.3 is 4.90 Å². The highest BCUT2D eigenvalue weighted by molar-refractivity contribution is 8.00. The van der Waals surface area contributed by atoms with Gasteiger partial charge in [0.1, 0.15) is 11.0 Å². The molecular formula is C14H18N4S. The van der Waals surface area contributed by atoms with E-state index in [1.165, 1.54) is 30.6 Å². The molecule has 0 amide bonds. The highest BCUT2D eigenvalue weighted by atomic mass is 32.2. The Balaban J connectivity index is 1.52. The van der Waals surface area contributed by atoms with Gasteiger partial charge in [0.05, 0.1) is 0 Å². The Morgan fingerprint density at radius 3 is 2.68 bits per heavy atom. The molecule has 0 saturated carbocycles. The lowest BCUT2D eigenvalue weighted by molar-refractivity contribution is 0.183. The van der Waals surface area contributed by atoms with Crippen molar-refractivity contribution in [2.24, 2.45) is 0 Å². The number of benzene rings is 1. The maximum absolute atomic E-state index is 4.17. The van der Waals surface area contributed by atoms with E-state index in [2.05, 4.69) is 45.6 Å². The van der Waals surface area contributed by atoms with Crippen LogP contribution in [-0.2, 0) is 0 Å². The van der Waals surface area contributed by atoms with Gasteiger partial charge in [-0.15, -0.1) is 11.8 Å². The fraction of sp³-hybridized carbons (Fsp3) is 0.571. The van der Waals surface area contributed by atoms with E-state index < -0.39 is 0 Å². The summed E-state index contributed by atoms with van der Waals surface area (Å²) in [5, 5.41) is 11.7. The van der Waals surface area contributed by atoms with Gasteiger partial charge >= 0.3 is 0 Å². The van der Waals surface area contributed by atoms with E-state index in [0.717, 1.165) is 28.4 Å². The molecule has 4 nitrogen and oxygen atoms in total. The fourth-order valence-electron chi connectivity index (χ4n) is 3.54. The van der Waals surface area contributed by atoms with Crippen molar-refractivity contribution in [3.63, 3.8) is 0 Å². The molecule has 4 rings (SSSR count). The van der Waals surface area contributed by atoms with Gasteiger partial charge in [0, 0.05) is 22.2 Å². The summed E-state index contributed by atoms with van der Waals surface area (Å²) in [5.74, 6) is 0. The number of hydrogen-bond acceptors (Lipinski definition) is 4. The average Bonchev–Trinajstić information content (AvgIpc) is 2.92. The molecule has 3 heterocycles.